The van der Waals surface area contributed by atoms with Crippen molar-refractivity contribution in [2.45, 2.75) is 16.3 Å². The monoisotopic (exact) mass is 273 g/mol. The molecule has 0 bridgehead atoms. The third kappa shape index (κ3) is 2.32. The number of pyridine rings is 1. The molecule has 0 aliphatic heterocycles. The summed E-state index contributed by atoms with van der Waals surface area (Å²) in [6.07, 6.45) is 1.87. The number of fused-ring (bicyclic) bond motifs is 1. The Labute approximate surface area is 113 Å². The Balaban J connectivity index is 1.92. The van der Waals surface area contributed by atoms with Crippen molar-refractivity contribution in [2.75, 3.05) is 5.73 Å². The van der Waals surface area contributed by atoms with E-state index in [1.54, 1.807) is 23.1 Å². The molecule has 0 amide bonds. The van der Waals surface area contributed by atoms with Crippen molar-refractivity contribution < 1.29 is 0 Å². The molecule has 0 atom stereocenters. The highest BCUT2D eigenvalue weighted by Crippen LogP contribution is 2.34. The average Bonchev–Trinajstić information content (AvgIpc) is 2.73. The largest absolute Gasteiger partial charge is 0.399 e. The zero-order valence-corrected chi connectivity index (χ0v) is 11.4. The standard InChI is InChI=1S/C13H11N3S2/c1-8-2-5-12(15-7-8)18-13-16-10-4-3-9(14)6-11(10)17-13/h2-7H,14H2,1H3. The van der Waals surface area contributed by atoms with Crippen LogP contribution in [-0.4, -0.2) is 9.97 Å². The van der Waals surface area contributed by atoms with Crippen molar-refractivity contribution in [1.29, 1.82) is 0 Å². The van der Waals surface area contributed by atoms with Gasteiger partial charge in [0, 0.05) is 11.9 Å². The number of nitrogens with two attached hydrogens (primary N) is 1. The molecule has 18 heavy (non-hydrogen) atoms. The van der Waals surface area contributed by atoms with Gasteiger partial charge < -0.3 is 5.73 Å². The van der Waals surface area contributed by atoms with Crippen LogP contribution in [0.15, 0.2) is 45.9 Å². The number of thiazole rings is 1. The number of nitrogen functional groups attached to an aromatic ring is 1. The van der Waals surface area contributed by atoms with Crippen LogP contribution in [0.2, 0.25) is 0 Å². The van der Waals surface area contributed by atoms with Crippen LogP contribution in [0.4, 0.5) is 5.69 Å². The summed E-state index contributed by atoms with van der Waals surface area (Å²) in [5, 5.41) is 0.965. The van der Waals surface area contributed by atoms with E-state index in [2.05, 4.69) is 16.0 Å². The SMILES string of the molecule is Cc1ccc(Sc2nc3ccc(N)cc3s2)nc1. The van der Waals surface area contributed by atoms with Crippen LogP contribution in [0.25, 0.3) is 10.2 Å². The predicted molar refractivity (Wildman–Crippen MR) is 77.1 cm³/mol. The van der Waals surface area contributed by atoms with Crippen LogP contribution in [0.3, 0.4) is 0 Å². The topological polar surface area (TPSA) is 51.8 Å². The fourth-order valence-electron chi connectivity index (χ4n) is 1.57. The van der Waals surface area contributed by atoms with E-state index in [0.717, 1.165) is 30.8 Å². The zero-order valence-electron chi connectivity index (χ0n) is 9.75. The number of rotatable bonds is 2. The molecular weight excluding hydrogens is 262 g/mol. The number of hydrogen-bond acceptors (Lipinski definition) is 5. The van der Waals surface area contributed by atoms with Crippen molar-refractivity contribution in [3.05, 3.63) is 42.1 Å². The maximum absolute atomic E-state index is 5.76. The molecule has 90 valence electrons. The van der Waals surface area contributed by atoms with E-state index in [4.69, 9.17) is 5.73 Å². The van der Waals surface area contributed by atoms with Gasteiger partial charge in [-0.15, -0.1) is 11.3 Å². The number of benzene rings is 1. The number of aryl methyl sites for hydroxylation is 1. The molecule has 0 saturated heterocycles. The number of nitrogens with zero attached hydrogens (tertiary/aromatic N) is 2. The highest BCUT2D eigenvalue weighted by Gasteiger charge is 2.06. The summed E-state index contributed by atoms with van der Waals surface area (Å²) in [5.74, 6) is 0. The second-order valence-corrected chi connectivity index (χ2v) is 6.28. The van der Waals surface area contributed by atoms with Gasteiger partial charge in [-0.2, -0.15) is 0 Å². The molecule has 0 aliphatic rings. The second kappa shape index (κ2) is 4.59. The second-order valence-electron chi connectivity index (χ2n) is 3.98. The summed E-state index contributed by atoms with van der Waals surface area (Å²) >= 11 is 3.23. The van der Waals surface area contributed by atoms with Gasteiger partial charge in [-0.25, -0.2) is 9.97 Å². The van der Waals surface area contributed by atoms with Gasteiger partial charge in [0.2, 0.25) is 0 Å². The minimum Gasteiger partial charge on any atom is -0.399 e. The maximum atomic E-state index is 5.76. The molecule has 3 nitrogen and oxygen atoms in total. The van der Waals surface area contributed by atoms with E-state index >= 15 is 0 Å². The summed E-state index contributed by atoms with van der Waals surface area (Å²) in [6, 6.07) is 9.86. The fraction of sp³-hybridized carbons (Fsp3) is 0.0769. The lowest BCUT2D eigenvalue weighted by atomic mass is 10.3. The molecule has 3 aromatic rings. The zero-order chi connectivity index (χ0) is 12.5. The fourth-order valence-corrected chi connectivity index (χ4v) is 3.57. The molecule has 0 spiro atoms. The van der Waals surface area contributed by atoms with E-state index in [9.17, 15) is 0 Å². The minimum atomic E-state index is 0.774. The Morgan fingerprint density at radius 2 is 2.11 bits per heavy atom. The molecule has 0 radical (unpaired) electrons. The number of aromatic nitrogens is 2. The van der Waals surface area contributed by atoms with Crippen molar-refractivity contribution in [3.63, 3.8) is 0 Å². The molecule has 2 aromatic heterocycles. The summed E-state index contributed by atoms with van der Waals surface area (Å²) in [6.45, 7) is 2.03. The first-order valence-electron chi connectivity index (χ1n) is 5.47. The predicted octanol–water partition coefficient (Wildman–Crippen LogP) is 3.73. The Bertz CT molecular complexity index is 689. The molecule has 3 rings (SSSR count). The van der Waals surface area contributed by atoms with Crippen LogP contribution >= 0.6 is 23.1 Å². The van der Waals surface area contributed by atoms with E-state index in [1.165, 1.54) is 0 Å². The Morgan fingerprint density at radius 1 is 1.22 bits per heavy atom. The first kappa shape index (κ1) is 11.5. The van der Waals surface area contributed by atoms with Crippen molar-refractivity contribution in [1.82, 2.24) is 9.97 Å². The normalized spacial score (nSPS) is 10.9. The van der Waals surface area contributed by atoms with E-state index < -0.39 is 0 Å². The van der Waals surface area contributed by atoms with Gasteiger partial charge in [-0.3, -0.25) is 0 Å². The third-order valence-electron chi connectivity index (χ3n) is 2.47. The summed E-state index contributed by atoms with van der Waals surface area (Å²) in [4.78, 5) is 8.92. The highest BCUT2D eigenvalue weighted by atomic mass is 32.2. The van der Waals surface area contributed by atoms with Crippen LogP contribution < -0.4 is 5.73 Å². The molecular formula is C13H11N3S2. The molecule has 5 heteroatoms. The lowest BCUT2D eigenvalue weighted by Gasteiger charge is -1.96. The quantitative estimate of drug-likeness (QED) is 0.723. The third-order valence-corrected chi connectivity index (χ3v) is 4.50. The van der Waals surface area contributed by atoms with E-state index in [1.807, 2.05) is 37.4 Å². The van der Waals surface area contributed by atoms with Gasteiger partial charge >= 0.3 is 0 Å². The van der Waals surface area contributed by atoms with Gasteiger partial charge in [-0.1, -0.05) is 6.07 Å². The smallest absolute Gasteiger partial charge is 0.157 e. The molecule has 2 N–H and O–H groups in total. The molecule has 0 aliphatic carbocycles. The molecule has 0 saturated carbocycles. The van der Waals surface area contributed by atoms with E-state index in [0.29, 0.717) is 0 Å². The first-order chi connectivity index (χ1) is 8.70. The van der Waals surface area contributed by atoms with Gasteiger partial charge in [0.1, 0.15) is 5.03 Å². The summed E-state index contributed by atoms with van der Waals surface area (Å²) < 4.78 is 2.11. The van der Waals surface area contributed by atoms with Gasteiger partial charge in [0.15, 0.2) is 4.34 Å². The van der Waals surface area contributed by atoms with Gasteiger partial charge in [-0.05, 0) is 48.5 Å². The number of hydrogen-bond donors (Lipinski definition) is 1. The lowest BCUT2D eigenvalue weighted by molar-refractivity contribution is 1.10. The van der Waals surface area contributed by atoms with Crippen LogP contribution in [-0.2, 0) is 0 Å². The Morgan fingerprint density at radius 3 is 2.89 bits per heavy atom. The number of anilines is 1. The van der Waals surface area contributed by atoms with Crippen LogP contribution in [0, 0.1) is 6.92 Å². The van der Waals surface area contributed by atoms with Crippen LogP contribution in [0.1, 0.15) is 5.56 Å². The summed E-state index contributed by atoms with van der Waals surface area (Å²) in [7, 11) is 0. The molecule has 0 unspecified atom stereocenters. The van der Waals surface area contributed by atoms with Gasteiger partial charge in [0.25, 0.3) is 0 Å². The molecule has 1 aromatic carbocycles. The van der Waals surface area contributed by atoms with Crippen molar-refractivity contribution in [2.24, 2.45) is 0 Å². The Hall–Kier alpha value is -1.59. The highest BCUT2D eigenvalue weighted by molar-refractivity contribution is 8.01. The molecule has 2 heterocycles. The average molecular weight is 273 g/mol. The maximum Gasteiger partial charge on any atom is 0.157 e. The lowest BCUT2D eigenvalue weighted by Crippen LogP contribution is -1.81. The van der Waals surface area contributed by atoms with Crippen molar-refractivity contribution >= 4 is 39.0 Å². The van der Waals surface area contributed by atoms with Crippen molar-refractivity contribution in [3.8, 4) is 0 Å². The first-order valence-corrected chi connectivity index (χ1v) is 7.10. The minimum absolute atomic E-state index is 0.774. The van der Waals surface area contributed by atoms with Crippen LogP contribution in [0.5, 0.6) is 0 Å². The Kier molecular flexibility index (Phi) is 2.93. The van der Waals surface area contributed by atoms with E-state index in [-0.39, 0.29) is 0 Å². The summed E-state index contributed by atoms with van der Waals surface area (Å²) in [5.41, 5.74) is 8.69. The molecule has 0 fully saturated rings. The van der Waals surface area contributed by atoms with Gasteiger partial charge in [0.05, 0.1) is 10.2 Å².